The van der Waals surface area contributed by atoms with Gasteiger partial charge in [0.15, 0.2) is 0 Å². The molecule has 1 aromatic carbocycles. The molecule has 1 aromatic heterocycles. The summed E-state index contributed by atoms with van der Waals surface area (Å²) in [4.78, 5) is 15.1. The van der Waals surface area contributed by atoms with Gasteiger partial charge in [0.1, 0.15) is 0 Å². The van der Waals surface area contributed by atoms with E-state index >= 15 is 0 Å². The van der Waals surface area contributed by atoms with Gasteiger partial charge >= 0.3 is 0 Å². The molecule has 2 heterocycles. The predicted octanol–water partition coefficient (Wildman–Crippen LogP) is 2.93. The zero-order valence-corrected chi connectivity index (χ0v) is 12.2. The van der Waals surface area contributed by atoms with Gasteiger partial charge in [0, 0.05) is 18.7 Å². The average molecular weight is 287 g/mol. The van der Waals surface area contributed by atoms with Crippen molar-refractivity contribution in [1.82, 2.24) is 4.90 Å². The van der Waals surface area contributed by atoms with Crippen molar-refractivity contribution in [2.24, 2.45) is 0 Å². The number of amides is 1. The highest BCUT2D eigenvalue weighted by Gasteiger charge is 2.27. The van der Waals surface area contributed by atoms with Crippen molar-refractivity contribution >= 4 is 17.2 Å². The molecule has 0 radical (unpaired) electrons. The van der Waals surface area contributed by atoms with Crippen LogP contribution in [0.25, 0.3) is 11.1 Å². The number of carbonyl (C=O) groups is 1. The van der Waals surface area contributed by atoms with E-state index in [9.17, 15) is 9.90 Å². The summed E-state index contributed by atoms with van der Waals surface area (Å²) in [5.41, 5.74) is 3.26. The normalized spacial score (nSPS) is 18.5. The fraction of sp³-hybridized carbons (Fsp3) is 0.312. The van der Waals surface area contributed by atoms with Crippen molar-refractivity contribution in [2.75, 3.05) is 13.1 Å². The molecule has 2 aromatic rings. The highest BCUT2D eigenvalue weighted by atomic mass is 32.1. The van der Waals surface area contributed by atoms with Crippen LogP contribution >= 0.6 is 11.3 Å². The summed E-state index contributed by atoms with van der Waals surface area (Å²) in [7, 11) is 0. The number of carbonyl (C=O) groups excluding carboxylic acids is 1. The van der Waals surface area contributed by atoms with Crippen LogP contribution in [0.5, 0.6) is 0 Å². The molecule has 104 valence electrons. The molecule has 0 aliphatic carbocycles. The topological polar surface area (TPSA) is 40.5 Å². The number of benzene rings is 1. The number of aryl methyl sites for hydroxylation is 1. The van der Waals surface area contributed by atoms with Gasteiger partial charge in [0.05, 0.1) is 11.0 Å². The van der Waals surface area contributed by atoms with Gasteiger partial charge in [0.25, 0.3) is 5.91 Å². The van der Waals surface area contributed by atoms with Crippen molar-refractivity contribution in [2.45, 2.75) is 19.4 Å². The maximum absolute atomic E-state index is 12.5. The Kier molecular flexibility index (Phi) is 3.59. The fourth-order valence-corrected chi connectivity index (χ4v) is 3.39. The monoisotopic (exact) mass is 287 g/mol. The minimum atomic E-state index is -0.373. The van der Waals surface area contributed by atoms with E-state index in [-0.39, 0.29) is 12.0 Å². The number of aliphatic hydroxyl groups excluding tert-OH is 1. The van der Waals surface area contributed by atoms with Crippen molar-refractivity contribution in [3.63, 3.8) is 0 Å². The first-order chi connectivity index (χ1) is 9.65. The molecule has 1 atom stereocenters. The lowest BCUT2D eigenvalue weighted by atomic mass is 10.0. The first-order valence-corrected chi connectivity index (χ1v) is 7.65. The van der Waals surface area contributed by atoms with Crippen molar-refractivity contribution in [1.29, 1.82) is 0 Å². The van der Waals surface area contributed by atoms with Crippen molar-refractivity contribution in [3.8, 4) is 11.1 Å². The molecule has 0 spiro atoms. The van der Waals surface area contributed by atoms with E-state index in [1.54, 1.807) is 4.90 Å². The van der Waals surface area contributed by atoms with Crippen LogP contribution < -0.4 is 0 Å². The third kappa shape index (κ3) is 2.49. The number of hydrogen-bond donors (Lipinski definition) is 1. The average Bonchev–Trinajstić information content (AvgIpc) is 3.07. The Morgan fingerprint density at radius 3 is 2.70 bits per heavy atom. The molecule has 0 saturated carbocycles. The lowest BCUT2D eigenvalue weighted by Crippen LogP contribution is -2.29. The second kappa shape index (κ2) is 5.38. The number of nitrogens with zero attached hydrogens (tertiary/aromatic N) is 1. The molecule has 1 fully saturated rings. The standard InChI is InChI=1S/C16H17NO2S/c1-11-2-4-12(5-3-11)14-7-9-20-15(14)16(19)17-8-6-13(18)10-17/h2-5,7,9,13,18H,6,8,10H2,1H3/t13-/m1/s1. The third-order valence-corrected chi connectivity index (χ3v) is 4.58. The summed E-state index contributed by atoms with van der Waals surface area (Å²) < 4.78 is 0. The SMILES string of the molecule is Cc1ccc(-c2ccsc2C(=O)N2CC[C@@H](O)C2)cc1. The van der Waals surface area contributed by atoms with E-state index < -0.39 is 0 Å². The number of aliphatic hydroxyl groups is 1. The number of hydrogen-bond acceptors (Lipinski definition) is 3. The number of rotatable bonds is 2. The highest BCUT2D eigenvalue weighted by Crippen LogP contribution is 2.30. The third-order valence-electron chi connectivity index (χ3n) is 3.67. The fourth-order valence-electron chi connectivity index (χ4n) is 2.51. The second-order valence-corrected chi connectivity index (χ2v) is 6.14. The van der Waals surface area contributed by atoms with E-state index in [2.05, 4.69) is 19.1 Å². The Labute approximate surface area is 122 Å². The van der Waals surface area contributed by atoms with Crippen LogP contribution in [0, 0.1) is 6.92 Å². The van der Waals surface area contributed by atoms with Crippen molar-refractivity contribution in [3.05, 3.63) is 46.2 Å². The summed E-state index contributed by atoms with van der Waals surface area (Å²) in [5, 5.41) is 11.5. The molecule has 20 heavy (non-hydrogen) atoms. The van der Waals surface area contributed by atoms with Crippen LogP contribution in [0.3, 0.4) is 0 Å². The molecular weight excluding hydrogens is 270 g/mol. The van der Waals surface area contributed by atoms with Gasteiger partial charge in [-0.05, 0) is 30.4 Å². The number of β-amino-alcohol motifs (C(OH)–C–C–N with tert-alkyl or cyclic N) is 1. The van der Waals surface area contributed by atoms with Gasteiger partial charge in [-0.2, -0.15) is 0 Å². The quantitative estimate of drug-likeness (QED) is 0.922. The maximum atomic E-state index is 12.5. The molecule has 1 saturated heterocycles. The molecule has 4 heteroatoms. The van der Waals surface area contributed by atoms with Crippen LogP contribution in [-0.2, 0) is 0 Å². The summed E-state index contributed by atoms with van der Waals surface area (Å²) in [6.07, 6.45) is 0.304. The summed E-state index contributed by atoms with van der Waals surface area (Å²) >= 11 is 1.47. The van der Waals surface area contributed by atoms with Crippen LogP contribution in [0.15, 0.2) is 35.7 Å². The Morgan fingerprint density at radius 2 is 2.05 bits per heavy atom. The molecule has 1 amide bonds. The van der Waals surface area contributed by atoms with Gasteiger partial charge in [-0.25, -0.2) is 0 Å². The lowest BCUT2D eigenvalue weighted by molar-refractivity contribution is 0.0770. The first kappa shape index (κ1) is 13.3. The van der Waals surface area contributed by atoms with Crippen LogP contribution in [0.4, 0.5) is 0 Å². The number of thiophene rings is 1. The molecular formula is C16H17NO2S. The first-order valence-electron chi connectivity index (χ1n) is 6.77. The van der Waals surface area contributed by atoms with Gasteiger partial charge in [0.2, 0.25) is 0 Å². The van der Waals surface area contributed by atoms with Crippen LogP contribution in [0.2, 0.25) is 0 Å². The molecule has 3 rings (SSSR count). The van der Waals surface area contributed by atoms with E-state index in [1.807, 2.05) is 23.6 Å². The zero-order valence-electron chi connectivity index (χ0n) is 11.4. The predicted molar refractivity (Wildman–Crippen MR) is 81.0 cm³/mol. The lowest BCUT2D eigenvalue weighted by Gasteiger charge is -2.15. The maximum Gasteiger partial charge on any atom is 0.264 e. The summed E-state index contributed by atoms with van der Waals surface area (Å²) in [5.74, 6) is 0.0344. The Bertz CT molecular complexity index is 618. The van der Waals surface area contributed by atoms with Crippen molar-refractivity contribution < 1.29 is 9.90 Å². The smallest absolute Gasteiger partial charge is 0.264 e. The van der Waals surface area contributed by atoms with E-state index in [1.165, 1.54) is 16.9 Å². The Balaban J connectivity index is 1.90. The Morgan fingerprint density at radius 1 is 1.30 bits per heavy atom. The Hall–Kier alpha value is -1.65. The van der Waals surface area contributed by atoms with Gasteiger partial charge in [-0.3, -0.25) is 4.79 Å². The molecule has 0 unspecified atom stereocenters. The molecule has 1 N–H and O–H groups in total. The second-order valence-electron chi connectivity index (χ2n) is 5.22. The molecule has 1 aliphatic heterocycles. The van der Waals surface area contributed by atoms with Gasteiger partial charge in [-0.15, -0.1) is 11.3 Å². The van der Waals surface area contributed by atoms with E-state index in [4.69, 9.17) is 0 Å². The van der Waals surface area contributed by atoms with Crippen LogP contribution in [0.1, 0.15) is 21.7 Å². The summed E-state index contributed by atoms with van der Waals surface area (Å²) in [6.45, 7) is 3.14. The van der Waals surface area contributed by atoms with Crippen LogP contribution in [-0.4, -0.2) is 35.1 Å². The minimum absolute atomic E-state index is 0.0344. The number of likely N-dealkylation sites (tertiary alicyclic amines) is 1. The largest absolute Gasteiger partial charge is 0.391 e. The summed E-state index contributed by atoms with van der Waals surface area (Å²) in [6, 6.07) is 10.2. The molecule has 3 nitrogen and oxygen atoms in total. The van der Waals surface area contributed by atoms with E-state index in [0.717, 1.165) is 16.0 Å². The zero-order chi connectivity index (χ0) is 14.1. The van der Waals surface area contributed by atoms with Gasteiger partial charge < -0.3 is 10.0 Å². The van der Waals surface area contributed by atoms with E-state index in [0.29, 0.717) is 19.5 Å². The van der Waals surface area contributed by atoms with Gasteiger partial charge in [-0.1, -0.05) is 29.8 Å². The highest BCUT2D eigenvalue weighted by molar-refractivity contribution is 7.12. The molecule has 1 aliphatic rings. The molecule has 0 bridgehead atoms. The minimum Gasteiger partial charge on any atom is -0.391 e.